The largest absolute Gasteiger partial charge is 0.489 e. The van der Waals surface area contributed by atoms with E-state index in [0.717, 1.165) is 6.07 Å². The Hall–Kier alpha value is -2.87. The Kier molecular flexibility index (Phi) is 4.19. The van der Waals surface area contributed by atoms with Crippen molar-refractivity contribution in [3.8, 4) is 11.8 Å². The minimum atomic E-state index is -1.00. The molecular weight excluding hydrogens is 273 g/mol. The molecule has 0 bridgehead atoms. The second kappa shape index (κ2) is 6.06. The molecule has 0 fully saturated rings. The smallest absolute Gasteiger partial charge is 0.335 e. The zero-order valence-electron chi connectivity index (χ0n) is 11.3. The fourth-order valence-corrected chi connectivity index (χ4v) is 1.86. The second-order valence-electron chi connectivity index (χ2n) is 4.49. The van der Waals surface area contributed by atoms with E-state index >= 15 is 0 Å². The molecule has 1 N–H and O–H groups in total. The number of carboxylic acids is 1. The lowest BCUT2D eigenvalue weighted by atomic mass is 10.1. The molecule has 5 heteroatoms. The molecule has 0 aliphatic carbocycles. The summed E-state index contributed by atoms with van der Waals surface area (Å²) in [5.41, 5.74) is 1.35. The first-order valence-corrected chi connectivity index (χ1v) is 6.16. The van der Waals surface area contributed by atoms with E-state index in [9.17, 15) is 9.18 Å². The first-order chi connectivity index (χ1) is 10.0. The summed E-state index contributed by atoms with van der Waals surface area (Å²) in [7, 11) is 0. The van der Waals surface area contributed by atoms with Crippen LogP contribution in [0.3, 0.4) is 0 Å². The Morgan fingerprint density at radius 2 is 2.10 bits per heavy atom. The zero-order chi connectivity index (χ0) is 15.4. The average molecular weight is 285 g/mol. The maximum absolute atomic E-state index is 13.7. The number of carboxylic acid groups (broad SMARTS) is 1. The number of hydrogen-bond acceptors (Lipinski definition) is 3. The molecule has 4 nitrogen and oxygen atoms in total. The minimum absolute atomic E-state index is 0.00337. The monoisotopic (exact) mass is 285 g/mol. The third-order valence-corrected chi connectivity index (χ3v) is 3.00. The Morgan fingerprint density at radius 3 is 2.67 bits per heavy atom. The number of nitriles is 1. The number of carbonyl (C=O) groups is 1. The summed E-state index contributed by atoms with van der Waals surface area (Å²) < 4.78 is 19.1. The SMILES string of the molecule is Cc1cc(OCc2ccc(C#N)cc2F)ccc1C(=O)O. The predicted octanol–water partition coefficient (Wildman–Crippen LogP) is 3.28. The summed E-state index contributed by atoms with van der Waals surface area (Å²) in [5.74, 6) is -1.05. The molecule has 0 saturated heterocycles. The van der Waals surface area contributed by atoms with E-state index in [-0.39, 0.29) is 17.7 Å². The first kappa shape index (κ1) is 14.5. The highest BCUT2D eigenvalue weighted by Crippen LogP contribution is 2.19. The summed E-state index contributed by atoms with van der Waals surface area (Å²) in [4.78, 5) is 10.9. The van der Waals surface area contributed by atoms with Crippen LogP contribution >= 0.6 is 0 Å². The van der Waals surface area contributed by atoms with E-state index in [2.05, 4.69) is 0 Å². The van der Waals surface area contributed by atoms with E-state index in [1.165, 1.54) is 24.3 Å². The van der Waals surface area contributed by atoms with Crippen LogP contribution in [0.5, 0.6) is 5.75 Å². The van der Waals surface area contributed by atoms with Gasteiger partial charge >= 0.3 is 5.97 Å². The van der Waals surface area contributed by atoms with Crippen molar-refractivity contribution in [1.82, 2.24) is 0 Å². The zero-order valence-corrected chi connectivity index (χ0v) is 11.3. The maximum atomic E-state index is 13.7. The van der Waals surface area contributed by atoms with E-state index < -0.39 is 11.8 Å². The second-order valence-corrected chi connectivity index (χ2v) is 4.49. The summed E-state index contributed by atoms with van der Waals surface area (Å²) in [5, 5.41) is 17.6. The lowest BCUT2D eigenvalue weighted by Gasteiger charge is -2.09. The molecule has 2 rings (SSSR count). The number of hydrogen-bond donors (Lipinski definition) is 1. The highest BCUT2D eigenvalue weighted by Gasteiger charge is 2.09. The van der Waals surface area contributed by atoms with Gasteiger partial charge in [0.25, 0.3) is 0 Å². The van der Waals surface area contributed by atoms with Crippen LogP contribution in [0, 0.1) is 24.1 Å². The molecule has 2 aromatic rings. The number of ether oxygens (including phenoxy) is 1. The Bertz CT molecular complexity index is 735. The quantitative estimate of drug-likeness (QED) is 0.935. The van der Waals surface area contributed by atoms with Gasteiger partial charge < -0.3 is 9.84 Å². The molecular formula is C16H12FNO3. The highest BCUT2D eigenvalue weighted by molar-refractivity contribution is 5.89. The van der Waals surface area contributed by atoms with Crippen LogP contribution in [-0.4, -0.2) is 11.1 Å². The molecule has 0 aliphatic rings. The van der Waals surface area contributed by atoms with Crippen molar-refractivity contribution in [2.75, 3.05) is 0 Å². The number of rotatable bonds is 4. The molecule has 106 valence electrons. The van der Waals surface area contributed by atoms with Crippen molar-refractivity contribution >= 4 is 5.97 Å². The normalized spacial score (nSPS) is 9.95. The van der Waals surface area contributed by atoms with Crippen LogP contribution < -0.4 is 4.74 Å². The molecule has 0 heterocycles. The van der Waals surface area contributed by atoms with Crippen LogP contribution in [0.15, 0.2) is 36.4 Å². The Morgan fingerprint density at radius 1 is 1.33 bits per heavy atom. The van der Waals surface area contributed by atoms with E-state index in [1.54, 1.807) is 13.0 Å². The van der Waals surface area contributed by atoms with Gasteiger partial charge in [-0.25, -0.2) is 9.18 Å². The predicted molar refractivity (Wildman–Crippen MR) is 73.6 cm³/mol. The first-order valence-electron chi connectivity index (χ1n) is 6.16. The number of halogens is 1. The standard InChI is InChI=1S/C16H12FNO3/c1-10-6-13(4-5-14(10)16(19)20)21-9-12-3-2-11(8-18)7-15(12)17/h2-7H,9H2,1H3,(H,19,20). The van der Waals surface area contributed by atoms with Crippen LogP contribution in [-0.2, 0) is 6.61 Å². The maximum Gasteiger partial charge on any atom is 0.335 e. The van der Waals surface area contributed by atoms with Gasteiger partial charge in [0.15, 0.2) is 0 Å². The fourth-order valence-electron chi connectivity index (χ4n) is 1.86. The van der Waals surface area contributed by atoms with Gasteiger partial charge in [0.05, 0.1) is 17.2 Å². The third-order valence-electron chi connectivity index (χ3n) is 3.00. The van der Waals surface area contributed by atoms with Crippen LogP contribution in [0.1, 0.15) is 27.0 Å². The fraction of sp³-hybridized carbons (Fsp3) is 0.125. The van der Waals surface area contributed by atoms with Gasteiger partial charge in [0.2, 0.25) is 0 Å². The van der Waals surface area contributed by atoms with Crippen LogP contribution in [0.4, 0.5) is 4.39 Å². The summed E-state index contributed by atoms with van der Waals surface area (Å²) in [6.45, 7) is 1.67. The van der Waals surface area contributed by atoms with Gasteiger partial charge in [-0.3, -0.25) is 0 Å². The van der Waals surface area contributed by atoms with Crippen molar-refractivity contribution in [1.29, 1.82) is 5.26 Å². The van der Waals surface area contributed by atoms with Gasteiger partial charge in [0.1, 0.15) is 18.2 Å². The molecule has 2 aromatic carbocycles. The van der Waals surface area contributed by atoms with Crippen molar-refractivity contribution in [3.05, 3.63) is 64.5 Å². The van der Waals surface area contributed by atoms with E-state index in [4.69, 9.17) is 15.1 Å². The molecule has 0 amide bonds. The van der Waals surface area contributed by atoms with Gasteiger partial charge in [-0.1, -0.05) is 6.07 Å². The molecule has 0 spiro atoms. The Balaban J connectivity index is 2.12. The molecule has 0 saturated carbocycles. The van der Waals surface area contributed by atoms with Crippen molar-refractivity contribution < 1.29 is 19.0 Å². The number of aromatic carboxylic acids is 1. The van der Waals surface area contributed by atoms with Crippen molar-refractivity contribution in [2.24, 2.45) is 0 Å². The topological polar surface area (TPSA) is 70.3 Å². The molecule has 0 radical (unpaired) electrons. The van der Waals surface area contributed by atoms with E-state index in [0.29, 0.717) is 16.9 Å². The van der Waals surface area contributed by atoms with Gasteiger partial charge in [-0.2, -0.15) is 5.26 Å². The highest BCUT2D eigenvalue weighted by atomic mass is 19.1. The summed E-state index contributed by atoms with van der Waals surface area (Å²) in [6.07, 6.45) is 0. The molecule has 0 aromatic heterocycles. The molecule has 0 unspecified atom stereocenters. The van der Waals surface area contributed by atoms with E-state index in [1.807, 2.05) is 6.07 Å². The van der Waals surface area contributed by atoms with Crippen molar-refractivity contribution in [2.45, 2.75) is 13.5 Å². The lowest BCUT2D eigenvalue weighted by molar-refractivity contribution is 0.0696. The number of aryl methyl sites for hydroxylation is 1. The molecule has 0 aliphatic heterocycles. The van der Waals surface area contributed by atoms with Crippen LogP contribution in [0.2, 0.25) is 0 Å². The van der Waals surface area contributed by atoms with Gasteiger partial charge in [-0.15, -0.1) is 0 Å². The molecule has 0 atom stereocenters. The summed E-state index contributed by atoms with van der Waals surface area (Å²) in [6, 6.07) is 10.6. The average Bonchev–Trinajstić information content (AvgIpc) is 2.45. The summed E-state index contributed by atoms with van der Waals surface area (Å²) >= 11 is 0. The number of benzene rings is 2. The Labute approximate surface area is 121 Å². The van der Waals surface area contributed by atoms with Gasteiger partial charge in [0, 0.05) is 5.56 Å². The minimum Gasteiger partial charge on any atom is -0.489 e. The van der Waals surface area contributed by atoms with Crippen LogP contribution in [0.25, 0.3) is 0 Å². The van der Waals surface area contributed by atoms with Gasteiger partial charge in [-0.05, 0) is 42.8 Å². The third kappa shape index (κ3) is 3.37. The van der Waals surface area contributed by atoms with Crippen molar-refractivity contribution in [3.63, 3.8) is 0 Å². The lowest BCUT2D eigenvalue weighted by Crippen LogP contribution is -2.02. The number of nitrogens with zero attached hydrogens (tertiary/aromatic N) is 1. The molecule has 21 heavy (non-hydrogen) atoms.